The maximum absolute atomic E-state index is 9.17. The fourth-order valence-electron chi connectivity index (χ4n) is 1.83. The lowest BCUT2D eigenvalue weighted by molar-refractivity contribution is 0.132. The van der Waals surface area contributed by atoms with Gasteiger partial charge in [-0.25, -0.2) is 4.99 Å². The summed E-state index contributed by atoms with van der Waals surface area (Å²) >= 11 is 0. The van der Waals surface area contributed by atoms with E-state index >= 15 is 0 Å². The van der Waals surface area contributed by atoms with E-state index in [4.69, 9.17) is 9.84 Å². The minimum absolute atomic E-state index is 0.00824. The van der Waals surface area contributed by atoms with Crippen LogP contribution in [0.5, 0.6) is 0 Å². The third kappa shape index (κ3) is 3.66. The summed E-state index contributed by atoms with van der Waals surface area (Å²) in [5.41, 5.74) is -0.00824. The lowest BCUT2D eigenvalue weighted by Gasteiger charge is -2.31. The van der Waals surface area contributed by atoms with Crippen LogP contribution in [0.25, 0.3) is 0 Å². The van der Waals surface area contributed by atoms with Gasteiger partial charge in [-0.05, 0) is 34.1 Å². The standard InChI is InChI=1S/C11H21NO2/c1-8(13)5-6-10-12-11(3,4)7-9(2)14-10/h8-9,13H,5-7H2,1-4H3. The lowest BCUT2D eigenvalue weighted by Crippen LogP contribution is -2.34. The van der Waals surface area contributed by atoms with Gasteiger partial charge in [0, 0.05) is 12.8 Å². The fraction of sp³-hybridized carbons (Fsp3) is 0.909. The molecule has 0 aromatic carbocycles. The fourth-order valence-corrected chi connectivity index (χ4v) is 1.83. The molecule has 1 rings (SSSR count). The Hall–Kier alpha value is -0.570. The maximum Gasteiger partial charge on any atom is 0.184 e. The van der Waals surface area contributed by atoms with Gasteiger partial charge in [-0.3, -0.25) is 0 Å². The van der Waals surface area contributed by atoms with Crippen molar-refractivity contribution < 1.29 is 9.84 Å². The van der Waals surface area contributed by atoms with Crippen molar-refractivity contribution in [3.8, 4) is 0 Å². The van der Waals surface area contributed by atoms with E-state index in [1.807, 2.05) is 0 Å². The Bertz CT molecular complexity index is 221. The second-order valence-electron chi connectivity index (χ2n) is 4.84. The second kappa shape index (κ2) is 4.30. The first-order chi connectivity index (χ1) is 6.39. The largest absolute Gasteiger partial charge is 0.478 e. The molecule has 1 aliphatic rings. The highest BCUT2D eigenvalue weighted by Gasteiger charge is 2.27. The van der Waals surface area contributed by atoms with Crippen LogP contribution in [-0.2, 0) is 4.74 Å². The van der Waals surface area contributed by atoms with Crippen LogP contribution in [0, 0.1) is 0 Å². The number of aliphatic hydroxyl groups is 1. The molecule has 1 N–H and O–H groups in total. The number of aliphatic imine (C=N–C) groups is 1. The third-order valence-electron chi connectivity index (χ3n) is 2.33. The van der Waals surface area contributed by atoms with Crippen molar-refractivity contribution in [3.05, 3.63) is 0 Å². The maximum atomic E-state index is 9.17. The van der Waals surface area contributed by atoms with Gasteiger partial charge in [-0.15, -0.1) is 0 Å². The zero-order valence-electron chi connectivity index (χ0n) is 9.58. The molecule has 0 aromatic heterocycles. The van der Waals surface area contributed by atoms with Crippen molar-refractivity contribution in [3.63, 3.8) is 0 Å². The number of rotatable bonds is 3. The first-order valence-corrected chi connectivity index (χ1v) is 5.32. The zero-order valence-corrected chi connectivity index (χ0v) is 9.58. The van der Waals surface area contributed by atoms with Crippen LogP contribution in [-0.4, -0.2) is 28.8 Å². The average molecular weight is 199 g/mol. The monoisotopic (exact) mass is 199 g/mol. The summed E-state index contributed by atoms with van der Waals surface area (Å²) < 4.78 is 5.61. The van der Waals surface area contributed by atoms with Crippen molar-refractivity contribution in [1.82, 2.24) is 0 Å². The highest BCUT2D eigenvalue weighted by Crippen LogP contribution is 2.25. The van der Waals surface area contributed by atoms with Crippen LogP contribution in [0.3, 0.4) is 0 Å². The first kappa shape index (κ1) is 11.5. The van der Waals surface area contributed by atoms with Gasteiger partial charge < -0.3 is 9.84 Å². The average Bonchev–Trinajstić information content (AvgIpc) is 1.96. The molecule has 14 heavy (non-hydrogen) atoms. The molecule has 0 aliphatic carbocycles. The Labute approximate surface area is 86.2 Å². The SMILES string of the molecule is CC(O)CCC1=NC(C)(C)CC(C)O1. The topological polar surface area (TPSA) is 41.8 Å². The van der Waals surface area contributed by atoms with Gasteiger partial charge in [-0.2, -0.15) is 0 Å². The van der Waals surface area contributed by atoms with E-state index in [9.17, 15) is 0 Å². The highest BCUT2D eigenvalue weighted by molar-refractivity contribution is 5.77. The molecule has 0 amide bonds. The molecule has 0 fully saturated rings. The summed E-state index contributed by atoms with van der Waals surface area (Å²) in [5, 5.41) is 9.17. The van der Waals surface area contributed by atoms with Gasteiger partial charge in [0.2, 0.25) is 0 Å². The van der Waals surface area contributed by atoms with Crippen LogP contribution < -0.4 is 0 Å². The number of hydrogen-bond acceptors (Lipinski definition) is 3. The molecule has 2 unspecified atom stereocenters. The van der Waals surface area contributed by atoms with E-state index in [0.29, 0.717) is 0 Å². The Morgan fingerprint density at radius 2 is 2.29 bits per heavy atom. The Kier molecular flexibility index (Phi) is 3.53. The normalized spacial score (nSPS) is 27.8. The van der Waals surface area contributed by atoms with Gasteiger partial charge in [0.25, 0.3) is 0 Å². The molecule has 0 saturated heterocycles. The van der Waals surface area contributed by atoms with E-state index in [1.54, 1.807) is 6.92 Å². The van der Waals surface area contributed by atoms with Gasteiger partial charge >= 0.3 is 0 Å². The third-order valence-corrected chi connectivity index (χ3v) is 2.33. The van der Waals surface area contributed by atoms with E-state index in [1.165, 1.54) is 0 Å². The summed E-state index contributed by atoms with van der Waals surface area (Å²) in [6.07, 6.45) is 2.39. The smallest absolute Gasteiger partial charge is 0.184 e. The lowest BCUT2D eigenvalue weighted by atomic mass is 9.96. The number of hydrogen-bond donors (Lipinski definition) is 1. The molecule has 82 valence electrons. The summed E-state index contributed by atoms with van der Waals surface area (Å²) in [5.74, 6) is 0.801. The van der Waals surface area contributed by atoms with Gasteiger partial charge in [0.15, 0.2) is 5.90 Å². The zero-order chi connectivity index (χ0) is 10.8. The second-order valence-corrected chi connectivity index (χ2v) is 4.84. The summed E-state index contributed by atoms with van der Waals surface area (Å²) in [6, 6.07) is 0. The molecule has 0 saturated carbocycles. The van der Waals surface area contributed by atoms with Crippen LogP contribution >= 0.6 is 0 Å². The first-order valence-electron chi connectivity index (χ1n) is 5.32. The van der Waals surface area contributed by atoms with Gasteiger partial charge in [0.05, 0.1) is 17.7 Å². The molecule has 0 bridgehead atoms. The van der Waals surface area contributed by atoms with Crippen LogP contribution in [0.15, 0.2) is 4.99 Å². The number of nitrogens with zero attached hydrogens (tertiary/aromatic N) is 1. The van der Waals surface area contributed by atoms with Crippen molar-refractivity contribution in [2.75, 3.05) is 0 Å². The highest BCUT2D eigenvalue weighted by atomic mass is 16.5. The van der Waals surface area contributed by atoms with Crippen molar-refractivity contribution in [1.29, 1.82) is 0 Å². The Morgan fingerprint density at radius 3 is 2.79 bits per heavy atom. The molecule has 1 aliphatic heterocycles. The molecular formula is C11H21NO2. The summed E-state index contributed by atoms with van der Waals surface area (Å²) in [6.45, 7) is 8.10. The van der Waals surface area contributed by atoms with E-state index in [-0.39, 0.29) is 17.7 Å². The predicted octanol–water partition coefficient (Wildman–Crippen LogP) is 2.13. The quantitative estimate of drug-likeness (QED) is 0.756. The predicted molar refractivity (Wildman–Crippen MR) is 57.6 cm³/mol. The van der Waals surface area contributed by atoms with E-state index in [0.717, 1.165) is 25.2 Å². The summed E-state index contributed by atoms with van der Waals surface area (Å²) in [4.78, 5) is 4.52. The molecule has 3 nitrogen and oxygen atoms in total. The van der Waals surface area contributed by atoms with Gasteiger partial charge in [-0.1, -0.05) is 0 Å². The molecule has 0 aromatic rings. The number of ether oxygens (including phenoxy) is 1. The molecule has 1 heterocycles. The van der Waals surface area contributed by atoms with Gasteiger partial charge in [0.1, 0.15) is 0 Å². The molecule has 0 spiro atoms. The van der Waals surface area contributed by atoms with Crippen LogP contribution in [0.4, 0.5) is 0 Å². The van der Waals surface area contributed by atoms with Crippen LogP contribution in [0.2, 0.25) is 0 Å². The Balaban J connectivity index is 2.55. The molecule has 2 atom stereocenters. The van der Waals surface area contributed by atoms with Crippen molar-refractivity contribution in [2.45, 2.75) is 64.7 Å². The van der Waals surface area contributed by atoms with Crippen molar-refractivity contribution in [2.24, 2.45) is 4.99 Å². The van der Waals surface area contributed by atoms with E-state index in [2.05, 4.69) is 25.8 Å². The molecule has 0 radical (unpaired) electrons. The Morgan fingerprint density at radius 1 is 1.64 bits per heavy atom. The molecule has 3 heteroatoms. The summed E-state index contributed by atoms with van der Waals surface area (Å²) in [7, 11) is 0. The number of aliphatic hydroxyl groups excluding tert-OH is 1. The van der Waals surface area contributed by atoms with Crippen molar-refractivity contribution >= 4 is 5.90 Å². The van der Waals surface area contributed by atoms with Crippen LogP contribution in [0.1, 0.15) is 47.0 Å². The molecular weight excluding hydrogens is 178 g/mol. The minimum Gasteiger partial charge on any atom is -0.478 e. The van der Waals surface area contributed by atoms with E-state index < -0.39 is 0 Å². The minimum atomic E-state index is -0.276.